The van der Waals surface area contributed by atoms with E-state index in [4.69, 9.17) is 5.10 Å². The van der Waals surface area contributed by atoms with Gasteiger partial charge in [0, 0.05) is 11.6 Å². The van der Waals surface area contributed by atoms with Crippen molar-refractivity contribution in [3.05, 3.63) is 81.3 Å². The average Bonchev–Trinajstić information content (AvgIpc) is 3.28. The summed E-state index contributed by atoms with van der Waals surface area (Å²) in [6.07, 6.45) is 23.3. The standard InChI is InChI=1S/C16H19N2.C5H5.Fe/c1-15(2)13-8-9-16(15,3)14-12(13)10-18(17-14)11-6-4-5-7-11;1-2-4-5-3-1;/h4-7,10,13H,8-9H2,1-3H3;1-5H;/q;;+2/t13-,16+;;/m1../s1. The van der Waals surface area contributed by atoms with Gasteiger partial charge in [-0.2, -0.15) is 5.10 Å². The first-order valence-electron chi connectivity index (χ1n) is 8.53. The Balaban J connectivity index is 0.000000245. The molecule has 4 aliphatic rings. The van der Waals surface area contributed by atoms with Gasteiger partial charge in [0.2, 0.25) is 0 Å². The van der Waals surface area contributed by atoms with E-state index in [0.717, 1.165) is 0 Å². The summed E-state index contributed by atoms with van der Waals surface area (Å²) in [6.45, 7) is 7.24. The van der Waals surface area contributed by atoms with Crippen molar-refractivity contribution in [3.63, 3.8) is 0 Å². The van der Waals surface area contributed by atoms with Gasteiger partial charge in [-0.25, -0.2) is 0 Å². The van der Waals surface area contributed by atoms with Crippen LogP contribution >= 0.6 is 0 Å². The van der Waals surface area contributed by atoms with Crippen molar-refractivity contribution in [2.24, 2.45) is 5.41 Å². The predicted molar refractivity (Wildman–Crippen MR) is 92.7 cm³/mol. The Morgan fingerprint density at radius 2 is 1.54 bits per heavy atom. The van der Waals surface area contributed by atoms with Crippen LogP contribution in [0.5, 0.6) is 0 Å². The summed E-state index contributed by atoms with van der Waals surface area (Å²) in [6, 6.07) is 1.19. The molecule has 0 amide bonds. The molecular weight excluding hydrogens is 336 g/mol. The predicted octanol–water partition coefficient (Wildman–Crippen LogP) is 4.29. The molecule has 1 heterocycles. The molecule has 1 aromatic heterocycles. The molecular formula is C21H24FeN2+2. The van der Waals surface area contributed by atoms with E-state index in [1.54, 1.807) is 0 Å². The second-order valence-corrected chi connectivity index (χ2v) is 7.63. The number of hydrogen-bond donors (Lipinski definition) is 0. The molecule has 0 aromatic carbocycles. The summed E-state index contributed by atoms with van der Waals surface area (Å²) in [4.78, 5) is 0. The number of nitrogens with zero attached hydrogens (tertiary/aromatic N) is 2. The van der Waals surface area contributed by atoms with Crippen LogP contribution in [0.25, 0.3) is 0 Å². The molecule has 0 N–H and O–H groups in total. The first-order chi connectivity index (χ1) is 11.0. The summed E-state index contributed by atoms with van der Waals surface area (Å²) in [7, 11) is 0. The third kappa shape index (κ3) is 2.71. The van der Waals surface area contributed by atoms with Gasteiger partial charge in [-0.3, -0.25) is 4.68 Å². The maximum atomic E-state index is 4.90. The Hall–Kier alpha value is -0.271. The smallest absolute Gasteiger partial charge is 0.263 e. The quantitative estimate of drug-likeness (QED) is 0.684. The van der Waals surface area contributed by atoms with Crippen LogP contribution in [0, 0.1) is 69.2 Å². The fraction of sp³-hybridized carbons (Fsp3) is 0.381. The van der Waals surface area contributed by atoms with Crippen LogP contribution in [-0.2, 0) is 22.5 Å². The van der Waals surface area contributed by atoms with Crippen LogP contribution in [0.1, 0.15) is 50.8 Å². The van der Waals surface area contributed by atoms with Gasteiger partial charge in [0.05, 0.1) is 11.7 Å². The summed E-state index contributed by atoms with van der Waals surface area (Å²) in [5, 5.41) is 4.90. The van der Waals surface area contributed by atoms with E-state index in [2.05, 4.69) is 57.3 Å². The molecule has 2 bridgehead atoms. The summed E-state index contributed by atoms with van der Waals surface area (Å²) in [5.74, 6) is 0.696. The Labute approximate surface area is 158 Å². The number of rotatable bonds is 1. The van der Waals surface area contributed by atoms with Gasteiger partial charge >= 0.3 is 17.1 Å². The zero-order chi connectivity index (χ0) is 16.1. The van der Waals surface area contributed by atoms with Gasteiger partial charge in [-0.05, 0) is 87.5 Å². The molecule has 24 heavy (non-hydrogen) atoms. The van der Waals surface area contributed by atoms with E-state index in [1.165, 1.54) is 30.1 Å². The number of hydrogen-bond acceptors (Lipinski definition) is 1. The second-order valence-electron chi connectivity index (χ2n) is 7.63. The monoisotopic (exact) mass is 360 g/mol. The average molecular weight is 360 g/mol. The fourth-order valence-electron chi connectivity index (χ4n) is 4.51. The van der Waals surface area contributed by atoms with Crippen molar-refractivity contribution in [3.8, 4) is 0 Å². The van der Waals surface area contributed by atoms with Gasteiger partial charge in [0.15, 0.2) is 0 Å². The number of aromatic nitrogens is 2. The first kappa shape index (κ1) is 18.5. The van der Waals surface area contributed by atoms with E-state index >= 15 is 0 Å². The molecule has 2 atom stereocenters. The fourth-order valence-corrected chi connectivity index (χ4v) is 4.51. The summed E-state index contributed by atoms with van der Waals surface area (Å²) in [5.41, 5.74) is 3.49. The van der Waals surface area contributed by atoms with Gasteiger partial charge in [0.25, 0.3) is 0 Å². The van der Waals surface area contributed by atoms with Crippen LogP contribution in [0.4, 0.5) is 0 Å². The topological polar surface area (TPSA) is 17.8 Å². The van der Waals surface area contributed by atoms with E-state index in [-0.39, 0.29) is 22.5 Å². The minimum Gasteiger partial charge on any atom is -0.263 e. The second kappa shape index (κ2) is 6.80. The molecule has 124 valence electrons. The normalized spacial score (nSPS) is 33.0. The minimum atomic E-state index is 0. The molecule has 2 nitrogen and oxygen atoms in total. The molecule has 5 rings (SSSR count). The minimum absolute atomic E-state index is 0. The third-order valence-electron chi connectivity index (χ3n) is 6.33. The van der Waals surface area contributed by atoms with Crippen molar-refractivity contribution in [2.75, 3.05) is 0 Å². The zero-order valence-electron chi connectivity index (χ0n) is 14.5. The van der Waals surface area contributed by atoms with Crippen molar-refractivity contribution in [1.82, 2.24) is 9.78 Å². The zero-order valence-corrected chi connectivity index (χ0v) is 15.6. The molecule has 0 unspecified atom stereocenters. The molecule has 0 spiro atoms. The number of fused-ring (bicyclic) bond motifs is 5. The van der Waals surface area contributed by atoms with Gasteiger partial charge in [-0.1, -0.05) is 20.8 Å². The van der Waals surface area contributed by atoms with Gasteiger partial charge in [-0.15, -0.1) is 0 Å². The van der Waals surface area contributed by atoms with Crippen LogP contribution < -0.4 is 0 Å². The molecule has 10 radical (unpaired) electrons. The molecule has 4 aliphatic carbocycles. The molecule has 0 aliphatic heterocycles. The third-order valence-corrected chi connectivity index (χ3v) is 6.33. The van der Waals surface area contributed by atoms with Crippen LogP contribution in [0.2, 0.25) is 0 Å². The van der Waals surface area contributed by atoms with Gasteiger partial charge in [0.1, 0.15) is 0 Å². The van der Waals surface area contributed by atoms with E-state index in [1.807, 2.05) is 32.1 Å². The van der Waals surface area contributed by atoms with Crippen molar-refractivity contribution in [1.29, 1.82) is 0 Å². The molecule has 1 aromatic rings. The van der Waals surface area contributed by atoms with E-state index in [9.17, 15) is 0 Å². The summed E-state index contributed by atoms with van der Waals surface area (Å²) >= 11 is 0. The Morgan fingerprint density at radius 1 is 0.958 bits per heavy atom. The Bertz CT molecular complexity index is 559. The largest absolute Gasteiger partial charge is 2.00 e. The van der Waals surface area contributed by atoms with Crippen LogP contribution in [-0.4, -0.2) is 9.78 Å². The Morgan fingerprint density at radius 3 is 2.08 bits per heavy atom. The van der Waals surface area contributed by atoms with Crippen molar-refractivity contribution < 1.29 is 17.1 Å². The van der Waals surface area contributed by atoms with Crippen LogP contribution in [0.3, 0.4) is 0 Å². The maximum Gasteiger partial charge on any atom is 2.00 e. The summed E-state index contributed by atoms with van der Waals surface area (Å²) < 4.78 is 2.07. The molecule has 3 heteroatoms. The van der Waals surface area contributed by atoms with Gasteiger partial charge < -0.3 is 0 Å². The van der Waals surface area contributed by atoms with E-state index in [0.29, 0.717) is 11.3 Å². The molecule has 3 saturated carbocycles. The van der Waals surface area contributed by atoms with Crippen molar-refractivity contribution in [2.45, 2.75) is 44.9 Å². The molecule has 3 fully saturated rings. The molecule has 0 saturated heterocycles. The van der Waals surface area contributed by atoms with Crippen molar-refractivity contribution >= 4 is 0 Å². The Kier molecular flexibility index (Phi) is 5.25. The SMILES string of the molecule is CC1(C)[C@@H]2CC[C@@]1(C)c1nn([C]3[CH][CH][CH][CH]3)cc12.[CH]1[CH][CH][CH][CH]1.[Fe+2]. The maximum absolute atomic E-state index is 4.90. The van der Waals surface area contributed by atoms with E-state index < -0.39 is 0 Å². The first-order valence-corrected chi connectivity index (χ1v) is 8.53. The van der Waals surface area contributed by atoms with Crippen LogP contribution in [0.15, 0.2) is 6.20 Å².